The maximum absolute atomic E-state index is 15.4. The molecule has 26 heavy (non-hydrogen) atoms. The van der Waals surface area contributed by atoms with Gasteiger partial charge in [-0.15, -0.1) is 5.10 Å². The molecule has 2 amide bonds. The fourth-order valence-electron chi connectivity index (χ4n) is 3.15. The van der Waals surface area contributed by atoms with Crippen LogP contribution >= 0.6 is 11.5 Å². The fourth-order valence-corrected chi connectivity index (χ4v) is 5.34. The second-order valence-corrected chi connectivity index (χ2v) is 9.43. The molecule has 1 aliphatic rings. The highest BCUT2D eigenvalue weighted by Gasteiger charge is 2.49. The number of nitrogens with zero attached hydrogens (tertiary/aromatic N) is 4. The molecule has 1 atom stereocenters. The van der Waals surface area contributed by atoms with Crippen molar-refractivity contribution in [2.45, 2.75) is 29.8 Å². The molecule has 0 spiro atoms. The number of urea groups is 1. The van der Waals surface area contributed by atoms with Crippen molar-refractivity contribution in [2.75, 3.05) is 18.4 Å². The van der Waals surface area contributed by atoms with E-state index in [4.69, 9.17) is 0 Å². The lowest BCUT2D eigenvalue weighted by Crippen LogP contribution is -2.48. The normalized spacial score (nSPS) is 18.5. The molecule has 142 valence electrons. The third-order valence-electron chi connectivity index (χ3n) is 4.80. The monoisotopic (exact) mass is 401 g/mol. The van der Waals surface area contributed by atoms with Crippen LogP contribution in [0.3, 0.4) is 0 Å². The van der Waals surface area contributed by atoms with E-state index in [1.54, 1.807) is 24.2 Å². The van der Waals surface area contributed by atoms with Crippen molar-refractivity contribution in [3.63, 3.8) is 0 Å². The van der Waals surface area contributed by atoms with Crippen LogP contribution in [0.15, 0.2) is 29.6 Å². The van der Waals surface area contributed by atoms with E-state index in [2.05, 4.69) is 14.9 Å². The van der Waals surface area contributed by atoms with Gasteiger partial charge in [0.25, 0.3) is 0 Å². The lowest BCUT2D eigenvalue weighted by Gasteiger charge is -2.37. The highest BCUT2D eigenvalue weighted by molar-refractivity contribution is 7.92. The lowest BCUT2D eigenvalue weighted by atomic mass is 9.92. The van der Waals surface area contributed by atoms with Gasteiger partial charge in [0.15, 0.2) is 0 Å². The van der Waals surface area contributed by atoms with Crippen LogP contribution in [0.25, 0.3) is 0 Å². The van der Waals surface area contributed by atoms with E-state index in [9.17, 15) is 13.2 Å². The zero-order valence-corrected chi connectivity index (χ0v) is 16.1. The van der Waals surface area contributed by atoms with E-state index >= 15 is 4.39 Å². The Kier molecular flexibility index (Phi) is 5.02. The molecule has 3 heterocycles. The highest BCUT2D eigenvalue weighted by atomic mass is 32.2. The number of nitrogens with one attached hydrogen (secondary N) is 1. The van der Waals surface area contributed by atoms with Gasteiger partial charge < -0.3 is 9.47 Å². The standard InChI is InChI=1S/C15H20FN5O3S2/c1-15(16,26(23,24)13-4-3-7-20(13)2)11-5-8-21(9-6-11)14(22)18-12-10-17-19-25-12/h3-4,7,10-11H,5-6,8-9H2,1-2H3,(H,18,22). The molecule has 2 aromatic rings. The minimum Gasteiger partial charge on any atom is -0.342 e. The first kappa shape index (κ1) is 18.8. The highest BCUT2D eigenvalue weighted by Crippen LogP contribution is 2.39. The van der Waals surface area contributed by atoms with Gasteiger partial charge in [0, 0.05) is 43.8 Å². The topological polar surface area (TPSA) is 97.2 Å². The molecule has 1 N–H and O–H groups in total. The molecule has 0 aromatic carbocycles. The first-order chi connectivity index (χ1) is 12.2. The van der Waals surface area contributed by atoms with E-state index in [0.717, 1.165) is 18.5 Å². The molecule has 1 unspecified atom stereocenters. The molecular weight excluding hydrogens is 381 g/mol. The summed E-state index contributed by atoms with van der Waals surface area (Å²) in [6, 6.07) is 2.66. The van der Waals surface area contributed by atoms with Crippen LogP contribution < -0.4 is 5.32 Å². The van der Waals surface area contributed by atoms with Crippen molar-refractivity contribution in [3.05, 3.63) is 24.5 Å². The van der Waals surface area contributed by atoms with Crippen LogP contribution in [0.5, 0.6) is 0 Å². The van der Waals surface area contributed by atoms with Gasteiger partial charge in [-0.2, -0.15) is 0 Å². The average molecular weight is 401 g/mol. The molecule has 0 aliphatic carbocycles. The first-order valence-electron chi connectivity index (χ1n) is 8.11. The number of hydrogen-bond donors (Lipinski definition) is 1. The van der Waals surface area contributed by atoms with Gasteiger partial charge in [-0.1, -0.05) is 4.49 Å². The SMILES string of the molecule is Cn1cccc1S(=O)(=O)C(C)(F)C1CCN(C(=O)Nc2cnns2)CC1. The zero-order chi connectivity index (χ0) is 18.9. The van der Waals surface area contributed by atoms with Crippen molar-refractivity contribution >= 4 is 32.4 Å². The summed E-state index contributed by atoms with van der Waals surface area (Å²) in [5.74, 6) is -0.684. The van der Waals surface area contributed by atoms with Gasteiger partial charge in [0.05, 0.1) is 6.20 Å². The summed E-state index contributed by atoms with van der Waals surface area (Å²) in [6.07, 6.45) is 3.56. The van der Waals surface area contributed by atoms with Crippen molar-refractivity contribution < 1.29 is 17.6 Å². The predicted molar refractivity (Wildman–Crippen MR) is 95.3 cm³/mol. The summed E-state index contributed by atoms with van der Waals surface area (Å²) in [7, 11) is -2.57. The maximum atomic E-state index is 15.4. The summed E-state index contributed by atoms with van der Waals surface area (Å²) in [5, 5.41) is 4.40. The quantitative estimate of drug-likeness (QED) is 0.848. The zero-order valence-electron chi connectivity index (χ0n) is 14.4. The van der Waals surface area contributed by atoms with E-state index in [1.165, 1.54) is 16.8 Å². The number of sulfone groups is 1. The second-order valence-electron chi connectivity index (χ2n) is 6.42. The number of aryl methyl sites for hydroxylation is 1. The molecule has 3 rings (SSSR count). The van der Waals surface area contributed by atoms with Crippen molar-refractivity contribution in [1.29, 1.82) is 0 Å². The molecule has 1 fully saturated rings. The van der Waals surface area contributed by atoms with E-state index in [-0.39, 0.29) is 37.0 Å². The Bertz CT molecular complexity index is 871. The Morgan fingerprint density at radius 3 is 2.65 bits per heavy atom. The van der Waals surface area contributed by atoms with Gasteiger partial charge in [0.1, 0.15) is 10.0 Å². The van der Waals surface area contributed by atoms with Crippen LogP contribution in [0.4, 0.5) is 14.2 Å². The number of anilines is 1. The Hall–Kier alpha value is -2.01. The van der Waals surface area contributed by atoms with Crippen molar-refractivity contribution in [1.82, 2.24) is 19.1 Å². The molecule has 11 heteroatoms. The van der Waals surface area contributed by atoms with Gasteiger partial charge in [-0.3, -0.25) is 5.32 Å². The number of amides is 2. The summed E-state index contributed by atoms with van der Waals surface area (Å²) >= 11 is 1.06. The number of alkyl halides is 1. The number of aromatic nitrogens is 3. The average Bonchev–Trinajstić information content (AvgIpc) is 3.26. The lowest BCUT2D eigenvalue weighted by molar-refractivity contribution is 0.117. The summed E-state index contributed by atoms with van der Waals surface area (Å²) in [5.41, 5.74) is 0. The van der Waals surface area contributed by atoms with Crippen LogP contribution in [-0.2, 0) is 16.9 Å². The first-order valence-corrected chi connectivity index (χ1v) is 10.4. The molecule has 2 aromatic heterocycles. The number of carbonyl (C=O) groups is 1. The van der Waals surface area contributed by atoms with E-state index < -0.39 is 20.8 Å². The minimum absolute atomic E-state index is 0.0413. The molecule has 1 aliphatic heterocycles. The number of hydrogen-bond acceptors (Lipinski definition) is 6. The molecule has 8 nitrogen and oxygen atoms in total. The number of rotatable bonds is 4. The summed E-state index contributed by atoms with van der Waals surface area (Å²) in [4.78, 5) is 13.7. The number of piperidine rings is 1. The van der Waals surface area contributed by atoms with Crippen LogP contribution in [0, 0.1) is 5.92 Å². The second kappa shape index (κ2) is 6.95. The van der Waals surface area contributed by atoms with Crippen molar-refractivity contribution in [3.8, 4) is 0 Å². The van der Waals surface area contributed by atoms with Crippen LogP contribution in [0.1, 0.15) is 19.8 Å². The minimum atomic E-state index is -4.14. The van der Waals surface area contributed by atoms with E-state index in [0.29, 0.717) is 5.00 Å². The van der Waals surface area contributed by atoms with Gasteiger partial charge in [-0.25, -0.2) is 17.6 Å². The Morgan fingerprint density at radius 1 is 1.42 bits per heavy atom. The maximum Gasteiger partial charge on any atom is 0.322 e. The van der Waals surface area contributed by atoms with Crippen LogP contribution in [-0.4, -0.2) is 51.6 Å². The van der Waals surface area contributed by atoms with E-state index in [1.807, 2.05) is 0 Å². The van der Waals surface area contributed by atoms with Gasteiger partial charge >= 0.3 is 6.03 Å². The Morgan fingerprint density at radius 2 is 2.12 bits per heavy atom. The molecule has 0 bridgehead atoms. The number of carbonyl (C=O) groups excluding carboxylic acids is 1. The fraction of sp³-hybridized carbons (Fsp3) is 0.533. The third-order valence-corrected chi connectivity index (χ3v) is 7.74. The third kappa shape index (κ3) is 3.32. The molecule has 0 radical (unpaired) electrons. The summed E-state index contributed by atoms with van der Waals surface area (Å²) in [6.45, 7) is 1.69. The van der Waals surface area contributed by atoms with Gasteiger partial charge in [0.2, 0.25) is 14.8 Å². The molecule has 1 saturated heterocycles. The number of likely N-dealkylation sites (tertiary alicyclic amines) is 1. The van der Waals surface area contributed by atoms with Crippen molar-refractivity contribution in [2.24, 2.45) is 13.0 Å². The smallest absolute Gasteiger partial charge is 0.322 e. The van der Waals surface area contributed by atoms with Crippen LogP contribution in [0.2, 0.25) is 0 Å². The predicted octanol–water partition coefficient (Wildman–Crippen LogP) is 2.28. The Balaban J connectivity index is 1.67. The molecule has 0 saturated carbocycles. The molecular formula is C15H20FN5O3S2. The number of halogens is 1. The summed E-state index contributed by atoms with van der Waals surface area (Å²) < 4.78 is 46.0. The Labute approximate surface area is 155 Å². The van der Waals surface area contributed by atoms with Gasteiger partial charge in [-0.05, 0) is 31.9 Å². The largest absolute Gasteiger partial charge is 0.342 e.